The first-order chi connectivity index (χ1) is 9.02. The molecule has 4 heteroatoms. The molecule has 0 spiro atoms. The zero-order valence-electron chi connectivity index (χ0n) is 10.7. The summed E-state index contributed by atoms with van der Waals surface area (Å²) in [4.78, 5) is 0. The van der Waals surface area contributed by atoms with Crippen molar-refractivity contribution in [1.29, 1.82) is 0 Å². The molecule has 0 saturated carbocycles. The molecule has 100 valence electrons. The molecule has 0 aromatic heterocycles. The Morgan fingerprint density at radius 3 is 2.53 bits per heavy atom. The monoisotopic (exact) mass is 280 g/mol. The second-order valence-corrected chi connectivity index (χ2v) is 4.73. The van der Waals surface area contributed by atoms with E-state index in [9.17, 15) is 9.50 Å². The average molecular weight is 281 g/mol. The Balaban J connectivity index is 2.38. The molecule has 0 aliphatic heterocycles. The van der Waals surface area contributed by atoms with Gasteiger partial charge in [0.25, 0.3) is 0 Å². The number of aliphatic hydroxyl groups excluding tert-OH is 1. The van der Waals surface area contributed by atoms with Gasteiger partial charge in [0.1, 0.15) is 17.7 Å². The van der Waals surface area contributed by atoms with Crippen molar-refractivity contribution in [3.05, 3.63) is 63.9 Å². The quantitative estimate of drug-likeness (QED) is 0.924. The number of methoxy groups -OCH3 is 1. The molecule has 0 amide bonds. The topological polar surface area (TPSA) is 29.5 Å². The van der Waals surface area contributed by atoms with E-state index in [2.05, 4.69) is 0 Å². The fraction of sp³-hybridized carbons (Fsp3) is 0.200. The van der Waals surface area contributed by atoms with Gasteiger partial charge in [0.2, 0.25) is 0 Å². The minimum absolute atomic E-state index is 0.229. The number of hydrogen-bond donors (Lipinski definition) is 1. The van der Waals surface area contributed by atoms with E-state index >= 15 is 0 Å². The first-order valence-corrected chi connectivity index (χ1v) is 6.18. The summed E-state index contributed by atoms with van der Waals surface area (Å²) in [5.74, 6) is 0.0847. The lowest BCUT2D eigenvalue weighted by molar-refractivity contribution is 0.215. The molecule has 1 unspecified atom stereocenters. The van der Waals surface area contributed by atoms with Crippen molar-refractivity contribution in [3.8, 4) is 5.75 Å². The van der Waals surface area contributed by atoms with Gasteiger partial charge < -0.3 is 9.84 Å². The molecule has 0 aliphatic rings. The zero-order chi connectivity index (χ0) is 14.0. The van der Waals surface area contributed by atoms with Gasteiger partial charge in [-0.15, -0.1) is 0 Å². The number of aliphatic hydroxyl groups is 1. The third kappa shape index (κ3) is 2.88. The Bertz CT molecular complexity index is 599. The molecule has 2 rings (SSSR count). The zero-order valence-corrected chi connectivity index (χ0v) is 11.4. The maximum atomic E-state index is 13.8. The average Bonchev–Trinajstić information content (AvgIpc) is 2.38. The van der Waals surface area contributed by atoms with E-state index in [1.807, 2.05) is 0 Å². The van der Waals surface area contributed by atoms with E-state index in [1.54, 1.807) is 37.3 Å². The van der Waals surface area contributed by atoms with E-state index in [-0.39, 0.29) is 5.56 Å². The standard InChI is InChI=1S/C15H14ClFO2/c1-9-3-5-11(13(17)7-9)15(18)10-4-6-14(19-2)12(16)8-10/h3-8,15,18H,1-2H3. The smallest absolute Gasteiger partial charge is 0.137 e. The Hall–Kier alpha value is -1.58. The molecule has 0 fully saturated rings. The largest absolute Gasteiger partial charge is 0.495 e. The fourth-order valence-corrected chi connectivity index (χ4v) is 2.15. The van der Waals surface area contributed by atoms with Gasteiger partial charge in [-0.3, -0.25) is 0 Å². The normalized spacial score (nSPS) is 12.3. The summed E-state index contributed by atoms with van der Waals surface area (Å²) < 4.78 is 18.9. The molecule has 0 heterocycles. The van der Waals surface area contributed by atoms with Crippen LogP contribution in [0.1, 0.15) is 22.8 Å². The van der Waals surface area contributed by atoms with E-state index < -0.39 is 11.9 Å². The Morgan fingerprint density at radius 2 is 1.95 bits per heavy atom. The van der Waals surface area contributed by atoms with Gasteiger partial charge in [-0.1, -0.05) is 29.8 Å². The lowest BCUT2D eigenvalue weighted by atomic mass is 10.00. The summed E-state index contributed by atoms with van der Waals surface area (Å²) in [6, 6.07) is 9.61. The first kappa shape index (κ1) is 13.8. The van der Waals surface area contributed by atoms with Crippen molar-refractivity contribution in [3.63, 3.8) is 0 Å². The minimum Gasteiger partial charge on any atom is -0.495 e. The lowest BCUT2D eigenvalue weighted by Gasteiger charge is -2.14. The van der Waals surface area contributed by atoms with Gasteiger partial charge in [0.05, 0.1) is 12.1 Å². The summed E-state index contributed by atoms with van der Waals surface area (Å²) in [6.07, 6.45) is -1.05. The maximum Gasteiger partial charge on any atom is 0.137 e. The van der Waals surface area contributed by atoms with Gasteiger partial charge in [-0.2, -0.15) is 0 Å². The summed E-state index contributed by atoms with van der Waals surface area (Å²) in [5, 5.41) is 10.6. The molecule has 1 N–H and O–H groups in total. The molecule has 0 radical (unpaired) electrons. The minimum atomic E-state index is -1.05. The Kier molecular flexibility index (Phi) is 4.08. The summed E-state index contributed by atoms with van der Waals surface area (Å²) in [6.45, 7) is 1.80. The number of aryl methyl sites for hydroxylation is 1. The lowest BCUT2D eigenvalue weighted by Crippen LogP contribution is -2.03. The summed E-state index contributed by atoms with van der Waals surface area (Å²) in [5.41, 5.74) is 1.56. The van der Waals surface area contributed by atoms with Crippen LogP contribution in [0.25, 0.3) is 0 Å². The molecule has 2 aromatic carbocycles. The molecule has 2 aromatic rings. The third-order valence-electron chi connectivity index (χ3n) is 2.94. The van der Waals surface area contributed by atoms with Crippen LogP contribution >= 0.6 is 11.6 Å². The number of rotatable bonds is 3. The number of benzene rings is 2. The summed E-state index contributed by atoms with van der Waals surface area (Å²) in [7, 11) is 1.51. The highest BCUT2D eigenvalue weighted by Crippen LogP contribution is 2.31. The van der Waals surface area contributed by atoms with Gasteiger partial charge in [-0.25, -0.2) is 4.39 Å². The highest BCUT2D eigenvalue weighted by atomic mass is 35.5. The second kappa shape index (κ2) is 5.59. The predicted octanol–water partition coefficient (Wildman–Crippen LogP) is 3.88. The van der Waals surface area contributed by atoms with Crippen LogP contribution in [0.3, 0.4) is 0 Å². The molecular formula is C15H14ClFO2. The van der Waals surface area contributed by atoms with Crippen molar-refractivity contribution in [1.82, 2.24) is 0 Å². The molecule has 0 aliphatic carbocycles. The van der Waals surface area contributed by atoms with Crippen LogP contribution in [0, 0.1) is 12.7 Å². The first-order valence-electron chi connectivity index (χ1n) is 5.80. The Labute approximate surface area is 116 Å². The van der Waals surface area contributed by atoms with E-state index in [4.69, 9.17) is 16.3 Å². The van der Waals surface area contributed by atoms with Gasteiger partial charge in [0.15, 0.2) is 0 Å². The van der Waals surface area contributed by atoms with Crippen molar-refractivity contribution in [2.45, 2.75) is 13.0 Å². The number of hydrogen-bond acceptors (Lipinski definition) is 2. The van der Waals surface area contributed by atoms with Crippen molar-refractivity contribution >= 4 is 11.6 Å². The van der Waals surface area contributed by atoms with Gasteiger partial charge in [0, 0.05) is 5.56 Å². The molecule has 0 bridgehead atoms. The van der Waals surface area contributed by atoms with Crippen LogP contribution in [-0.4, -0.2) is 12.2 Å². The molecular weight excluding hydrogens is 267 g/mol. The third-order valence-corrected chi connectivity index (χ3v) is 3.24. The second-order valence-electron chi connectivity index (χ2n) is 4.32. The maximum absolute atomic E-state index is 13.8. The van der Waals surface area contributed by atoms with E-state index in [1.165, 1.54) is 13.2 Å². The summed E-state index contributed by atoms with van der Waals surface area (Å²) >= 11 is 6.00. The SMILES string of the molecule is COc1ccc(C(O)c2ccc(C)cc2F)cc1Cl. The van der Waals surface area contributed by atoms with Crippen LogP contribution in [0.15, 0.2) is 36.4 Å². The predicted molar refractivity (Wildman–Crippen MR) is 73.2 cm³/mol. The molecule has 2 nitrogen and oxygen atoms in total. The van der Waals surface area contributed by atoms with Crippen molar-refractivity contribution in [2.75, 3.05) is 7.11 Å². The number of halogens is 2. The Morgan fingerprint density at radius 1 is 1.21 bits per heavy atom. The number of ether oxygens (including phenoxy) is 1. The molecule has 0 saturated heterocycles. The van der Waals surface area contributed by atoms with Crippen LogP contribution < -0.4 is 4.74 Å². The van der Waals surface area contributed by atoms with E-state index in [0.29, 0.717) is 16.3 Å². The van der Waals surface area contributed by atoms with Crippen LogP contribution in [0.5, 0.6) is 5.75 Å². The molecule has 1 atom stereocenters. The van der Waals surface area contributed by atoms with Crippen LogP contribution in [0.4, 0.5) is 4.39 Å². The highest BCUT2D eigenvalue weighted by molar-refractivity contribution is 6.32. The van der Waals surface area contributed by atoms with Gasteiger partial charge >= 0.3 is 0 Å². The highest BCUT2D eigenvalue weighted by Gasteiger charge is 2.16. The van der Waals surface area contributed by atoms with E-state index in [0.717, 1.165) is 5.56 Å². The van der Waals surface area contributed by atoms with Crippen molar-refractivity contribution < 1.29 is 14.2 Å². The fourth-order valence-electron chi connectivity index (χ4n) is 1.89. The van der Waals surface area contributed by atoms with Gasteiger partial charge in [-0.05, 0) is 36.2 Å². The molecule has 19 heavy (non-hydrogen) atoms. The van der Waals surface area contributed by atoms with Crippen LogP contribution in [0.2, 0.25) is 5.02 Å². The van der Waals surface area contributed by atoms with Crippen molar-refractivity contribution in [2.24, 2.45) is 0 Å². The van der Waals surface area contributed by atoms with Crippen LogP contribution in [-0.2, 0) is 0 Å².